The van der Waals surface area contributed by atoms with Gasteiger partial charge in [-0.25, -0.2) is 4.79 Å². The van der Waals surface area contributed by atoms with E-state index in [0.717, 1.165) is 25.0 Å². The maximum atomic E-state index is 13.5. The largest absolute Gasteiger partial charge is 0.441 e. The van der Waals surface area contributed by atoms with Gasteiger partial charge in [0.1, 0.15) is 0 Å². The van der Waals surface area contributed by atoms with Crippen LogP contribution in [0, 0.1) is 0 Å². The predicted octanol–water partition coefficient (Wildman–Crippen LogP) is 3.88. The lowest BCUT2D eigenvalue weighted by Gasteiger charge is -2.26. The molecule has 28 heavy (non-hydrogen) atoms. The molecule has 0 amide bonds. The SMILES string of the molecule is CCCN(CCC)c1ccc(C(=O)OC(C(F)(F)F)C(F)(F)S(=O)(=O)O)cc1. The molecule has 0 aliphatic rings. The fourth-order valence-corrected chi connectivity index (χ4v) is 2.81. The highest BCUT2D eigenvalue weighted by Crippen LogP contribution is 2.38. The summed E-state index contributed by atoms with van der Waals surface area (Å²) in [5, 5.41) is -5.76. The number of carbonyl (C=O) groups is 1. The van der Waals surface area contributed by atoms with Crippen molar-refractivity contribution in [3.05, 3.63) is 29.8 Å². The van der Waals surface area contributed by atoms with Crippen LogP contribution < -0.4 is 4.90 Å². The first-order valence-corrected chi connectivity index (χ1v) is 9.67. The van der Waals surface area contributed by atoms with Gasteiger partial charge in [-0.05, 0) is 37.1 Å². The first-order chi connectivity index (χ1) is 12.8. The zero-order valence-electron chi connectivity index (χ0n) is 15.0. The Hall–Kier alpha value is -1.95. The second kappa shape index (κ2) is 9.03. The average molecular weight is 433 g/mol. The van der Waals surface area contributed by atoms with Crippen molar-refractivity contribution in [2.24, 2.45) is 0 Å². The summed E-state index contributed by atoms with van der Waals surface area (Å²) < 4.78 is 98.7. The molecule has 1 rings (SSSR count). The third-order valence-corrected chi connectivity index (χ3v) is 4.53. The fraction of sp³-hybridized carbons (Fsp3) is 0.562. The van der Waals surface area contributed by atoms with E-state index in [0.29, 0.717) is 18.8 Å². The van der Waals surface area contributed by atoms with E-state index in [1.54, 1.807) is 0 Å². The van der Waals surface area contributed by atoms with Crippen LogP contribution in [0.5, 0.6) is 0 Å². The maximum Gasteiger partial charge on any atom is 0.432 e. The lowest BCUT2D eigenvalue weighted by Crippen LogP contribution is -2.52. The second-order valence-electron chi connectivity index (χ2n) is 5.90. The minimum atomic E-state index is -6.48. The lowest BCUT2D eigenvalue weighted by atomic mass is 10.2. The summed E-state index contributed by atoms with van der Waals surface area (Å²) in [6.45, 7) is 5.27. The fourth-order valence-electron chi connectivity index (χ4n) is 2.35. The number of hydrogen-bond acceptors (Lipinski definition) is 5. The van der Waals surface area contributed by atoms with Crippen molar-refractivity contribution in [3.8, 4) is 0 Å². The molecule has 0 saturated heterocycles. The van der Waals surface area contributed by atoms with Crippen LogP contribution in [0.3, 0.4) is 0 Å². The molecule has 1 aromatic carbocycles. The summed E-state index contributed by atoms with van der Waals surface area (Å²) in [5.41, 5.74) is 0.174. The summed E-state index contributed by atoms with van der Waals surface area (Å²) in [7, 11) is -6.48. The van der Waals surface area contributed by atoms with Crippen molar-refractivity contribution in [2.75, 3.05) is 18.0 Å². The van der Waals surface area contributed by atoms with Crippen LogP contribution in [0.4, 0.5) is 27.6 Å². The van der Waals surface area contributed by atoms with Crippen LogP contribution >= 0.6 is 0 Å². The molecule has 0 spiro atoms. The van der Waals surface area contributed by atoms with Gasteiger partial charge in [0.2, 0.25) is 0 Å². The van der Waals surface area contributed by atoms with Gasteiger partial charge in [-0.1, -0.05) is 13.8 Å². The highest BCUT2D eigenvalue weighted by molar-refractivity contribution is 7.86. The number of anilines is 1. The quantitative estimate of drug-likeness (QED) is 0.362. The predicted molar refractivity (Wildman–Crippen MR) is 91.0 cm³/mol. The van der Waals surface area contributed by atoms with Crippen LogP contribution in [0.15, 0.2) is 24.3 Å². The first kappa shape index (κ1) is 24.1. The molecule has 0 aliphatic heterocycles. The van der Waals surface area contributed by atoms with Gasteiger partial charge in [0, 0.05) is 18.8 Å². The highest BCUT2D eigenvalue weighted by Gasteiger charge is 2.66. The summed E-state index contributed by atoms with van der Waals surface area (Å²) in [5.74, 6) is -1.81. The number of esters is 1. The molecule has 1 aromatic rings. The highest BCUT2D eigenvalue weighted by atomic mass is 32.2. The van der Waals surface area contributed by atoms with E-state index in [2.05, 4.69) is 4.74 Å². The molecule has 160 valence electrons. The van der Waals surface area contributed by atoms with Gasteiger partial charge in [0.15, 0.2) is 0 Å². The molecule has 1 N–H and O–H groups in total. The molecule has 0 heterocycles. The number of rotatable bonds is 9. The monoisotopic (exact) mass is 433 g/mol. The molecule has 0 aromatic heterocycles. The van der Waals surface area contributed by atoms with E-state index >= 15 is 0 Å². The second-order valence-corrected chi connectivity index (χ2v) is 7.39. The number of alkyl halides is 5. The van der Waals surface area contributed by atoms with Gasteiger partial charge in [-0.15, -0.1) is 0 Å². The number of halogens is 5. The van der Waals surface area contributed by atoms with Crippen LogP contribution in [-0.4, -0.2) is 49.6 Å². The molecule has 1 unspecified atom stereocenters. The zero-order valence-corrected chi connectivity index (χ0v) is 15.9. The minimum Gasteiger partial charge on any atom is -0.441 e. The third kappa shape index (κ3) is 5.77. The van der Waals surface area contributed by atoms with Crippen molar-refractivity contribution in [3.63, 3.8) is 0 Å². The van der Waals surface area contributed by atoms with Crippen LogP contribution in [0.25, 0.3) is 0 Å². The number of ether oxygens (including phenoxy) is 1. The molecule has 0 radical (unpaired) electrons. The van der Waals surface area contributed by atoms with Crippen molar-refractivity contribution < 1.29 is 44.5 Å². The third-order valence-electron chi connectivity index (χ3n) is 3.63. The van der Waals surface area contributed by atoms with Crippen LogP contribution in [0.1, 0.15) is 37.0 Å². The standard InChI is InChI=1S/C16H20F5NO5S/c1-3-9-22(10-4-2)12-7-5-11(6-8-12)13(23)27-14(15(17,18)19)16(20,21)28(24,25)26/h5-8,14H,3-4,9-10H2,1-2H3,(H,24,25,26). The lowest BCUT2D eigenvalue weighted by molar-refractivity contribution is -0.248. The Bertz CT molecular complexity index is 759. The van der Waals surface area contributed by atoms with Gasteiger partial charge < -0.3 is 9.64 Å². The Labute approximate surface area is 159 Å². The number of carbonyl (C=O) groups excluding carboxylic acids is 1. The molecule has 6 nitrogen and oxygen atoms in total. The van der Waals surface area contributed by atoms with Crippen LogP contribution in [-0.2, 0) is 14.9 Å². The van der Waals surface area contributed by atoms with Crippen molar-refractivity contribution >= 4 is 21.8 Å². The number of benzene rings is 1. The van der Waals surface area contributed by atoms with E-state index in [-0.39, 0.29) is 0 Å². The molecule has 1 atom stereocenters. The number of hydrogen-bond donors (Lipinski definition) is 1. The van der Waals surface area contributed by atoms with E-state index in [1.165, 1.54) is 12.1 Å². The topological polar surface area (TPSA) is 83.9 Å². The average Bonchev–Trinajstić information content (AvgIpc) is 2.57. The van der Waals surface area contributed by atoms with Gasteiger partial charge in [-0.3, -0.25) is 4.55 Å². The Kier molecular flexibility index (Phi) is 7.77. The summed E-state index contributed by atoms with van der Waals surface area (Å²) in [4.78, 5) is 13.8. The van der Waals surface area contributed by atoms with Gasteiger partial charge in [0.25, 0.3) is 6.10 Å². The van der Waals surface area contributed by atoms with E-state index in [4.69, 9.17) is 4.55 Å². The summed E-state index contributed by atoms with van der Waals surface area (Å²) in [6, 6.07) is 4.97. The molecular weight excluding hydrogens is 413 g/mol. The van der Waals surface area contributed by atoms with Gasteiger partial charge in [0.05, 0.1) is 5.56 Å². The first-order valence-electron chi connectivity index (χ1n) is 8.23. The van der Waals surface area contributed by atoms with E-state index in [9.17, 15) is 35.2 Å². The molecule has 0 aliphatic carbocycles. The van der Waals surface area contributed by atoms with Crippen molar-refractivity contribution in [1.82, 2.24) is 0 Å². The molecule has 0 fully saturated rings. The summed E-state index contributed by atoms with van der Waals surface area (Å²) in [6.07, 6.45) is -8.66. The van der Waals surface area contributed by atoms with E-state index in [1.807, 2.05) is 18.7 Å². The molecule has 0 saturated carbocycles. The normalized spacial score (nSPS) is 13.9. The zero-order chi connectivity index (χ0) is 21.8. The number of nitrogens with zero attached hydrogens (tertiary/aromatic N) is 1. The summed E-state index contributed by atoms with van der Waals surface area (Å²) >= 11 is 0. The minimum absolute atomic E-state index is 0.489. The molecule has 0 bridgehead atoms. The Morgan fingerprint density at radius 2 is 1.54 bits per heavy atom. The Balaban J connectivity index is 3.10. The molecule has 12 heteroatoms. The van der Waals surface area contributed by atoms with Gasteiger partial charge >= 0.3 is 27.5 Å². The molecular formula is C16H20F5NO5S. The van der Waals surface area contributed by atoms with Crippen molar-refractivity contribution in [1.29, 1.82) is 0 Å². The Morgan fingerprint density at radius 3 is 1.89 bits per heavy atom. The smallest absolute Gasteiger partial charge is 0.432 e. The Morgan fingerprint density at radius 1 is 1.07 bits per heavy atom. The van der Waals surface area contributed by atoms with Crippen molar-refractivity contribution in [2.45, 2.75) is 44.2 Å². The van der Waals surface area contributed by atoms with E-state index < -0.39 is 39.2 Å². The van der Waals surface area contributed by atoms with Crippen LogP contribution in [0.2, 0.25) is 0 Å². The van der Waals surface area contributed by atoms with Gasteiger partial charge in [-0.2, -0.15) is 30.4 Å². The maximum absolute atomic E-state index is 13.5.